The molecular weight excluding hydrogens is 324 g/mol. The van der Waals surface area contributed by atoms with E-state index in [1.54, 1.807) is 0 Å². The molecule has 6 nitrogen and oxygen atoms in total. The Labute approximate surface area is 141 Å². The lowest BCUT2D eigenvalue weighted by Gasteiger charge is -1.91. The van der Waals surface area contributed by atoms with Crippen LogP contribution in [-0.2, 0) is 5.75 Å². The Morgan fingerprint density at radius 1 is 0.708 bits per heavy atom. The lowest BCUT2D eigenvalue weighted by molar-refractivity contribution is 0.340. The Kier molecular flexibility index (Phi) is 4.07. The van der Waals surface area contributed by atoms with Crippen molar-refractivity contribution < 1.29 is 9.05 Å². The lowest BCUT2D eigenvalue weighted by Crippen LogP contribution is -1.83. The number of nitrogens with zero attached hydrogens (tertiary/aromatic N) is 4. The molecule has 0 spiro atoms. The zero-order chi connectivity index (χ0) is 16.2. The molecule has 0 radical (unpaired) electrons. The van der Waals surface area contributed by atoms with Gasteiger partial charge < -0.3 is 9.05 Å². The summed E-state index contributed by atoms with van der Waals surface area (Å²) in [5.74, 6) is 2.12. The molecular formula is C17H12N4O2S. The Morgan fingerprint density at radius 3 is 1.96 bits per heavy atom. The molecule has 0 bridgehead atoms. The molecule has 7 heteroatoms. The van der Waals surface area contributed by atoms with Crippen molar-refractivity contribution in [2.45, 2.75) is 11.0 Å². The fourth-order valence-corrected chi connectivity index (χ4v) is 2.72. The van der Waals surface area contributed by atoms with Crippen molar-refractivity contribution in [2.75, 3.05) is 0 Å². The second-order valence-corrected chi connectivity index (χ2v) is 5.84. The molecule has 0 unspecified atom stereocenters. The highest BCUT2D eigenvalue weighted by molar-refractivity contribution is 7.98. The van der Waals surface area contributed by atoms with Crippen LogP contribution < -0.4 is 0 Å². The van der Waals surface area contributed by atoms with Gasteiger partial charge in [-0.1, -0.05) is 82.7 Å². The summed E-state index contributed by atoms with van der Waals surface area (Å²) in [6.45, 7) is 0. The maximum atomic E-state index is 5.26. The summed E-state index contributed by atoms with van der Waals surface area (Å²) in [6, 6.07) is 19.4. The van der Waals surface area contributed by atoms with Crippen molar-refractivity contribution in [3.8, 4) is 22.8 Å². The Morgan fingerprint density at radius 2 is 1.29 bits per heavy atom. The molecule has 0 aliphatic heterocycles. The molecule has 118 valence electrons. The van der Waals surface area contributed by atoms with Gasteiger partial charge in [-0.3, -0.25) is 0 Å². The van der Waals surface area contributed by atoms with E-state index in [2.05, 4.69) is 20.3 Å². The van der Waals surface area contributed by atoms with E-state index in [9.17, 15) is 0 Å². The van der Waals surface area contributed by atoms with Crippen LogP contribution in [-0.4, -0.2) is 20.3 Å². The molecule has 2 heterocycles. The molecule has 0 amide bonds. The van der Waals surface area contributed by atoms with Gasteiger partial charge in [0.1, 0.15) is 0 Å². The van der Waals surface area contributed by atoms with Crippen molar-refractivity contribution in [1.82, 2.24) is 20.3 Å². The van der Waals surface area contributed by atoms with Gasteiger partial charge >= 0.3 is 0 Å². The van der Waals surface area contributed by atoms with Crippen LogP contribution in [0.4, 0.5) is 0 Å². The van der Waals surface area contributed by atoms with E-state index in [1.807, 2.05) is 60.7 Å². The third kappa shape index (κ3) is 3.21. The second-order valence-electron chi connectivity index (χ2n) is 4.92. The van der Waals surface area contributed by atoms with Gasteiger partial charge in [-0.25, -0.2) is 0 Å². The molecule has 0 saturated heterocycles. The topological polar surface area (TPSA) is 77.8 Å². The predicted molar refractivity (Wildman–Crippen MR) is 89.0 cm³/mol. The number of thioether (sulfide) groups is 1. The lowest BCUT2D eigenvalue weighted by atomic mass is 10.2. The first-order chi connectivity index (χ1) is 11.9. The second kappa shape index (κ2) is 6.67. The first kappa shape index (κ1) is 14.6. The van der Waals surface area contributed by atoms with Crippen molar-refractivity contribution >= 4 is 11.8 Å². The highest BCUT2D eigenvalue weighted by Crippen LogP contribution is 2.24. The van der Waals surface area contributed by atoms with E-state index < -0.39 is 0 Å². The average Bonchev–Trinajstić information content (AvgIpc) is 3.31. The summed E-state index contributed by atoms with van der Waals surface area (Å²) < 4.78 is 10.5. The van der Waals surface area contributed by atoms with E-state index in [4.69, 9.17) is 9.05 Å². The van der Waals surface area contributed by atoms with Crippen molar-refractivity contribution in [2.24, 2.45) is 0 Å². The number of hydrogen-bond donors (Lipinski definition) is 0. The normalized spacial score (nSPS) is 10.8. The van der Waals surface area contributed by atoms with Crippen LogP contribution in [0.3, 0.4) is 0 Å². The number of benzene rings is 2. The van der Waals surface area contributed by atoms with Crippen LogP contribution >= 0.6 is 11.8 Å². The van der Waals surface area contributed by atoms with E-state index in [1.165, 1.54) is 11.8 Å². The third-order valence-corrected chi connectivity index (χ3v) is 4.06. The minimum atomic E-state index is 0.466. The quantitative estimate of drug-likeness (QED) is 0.508. The molecule has 0 fully saturated rings. The molecule has 0 atom stereocenters. The molecule has 2 aromatic carbocycles. The molecule has 0 aliphatic rings. The fraction of sp³-hybridized carbons (Fsp3) is 0.0588. The predicted octanol–water partition coefficient (Wildman–Crippen LogP) is 4.08. The molecule has 2 aromatic heterocycles. The Bertz CT molecular complexity index is 844. The van der Waals surface area contributed by atoms with Crippen LogP contribution in [0.15, 0.2) is 74.9 Å². The minimum Gasteiger partial charge on any atom is -0.338 e. The Hall–Kier alpha value is -2.93. The van der Waals surface area contributed by atoms with Gasteiger partial charge in [0.2, 0.25) is 17.5 Å². The minimum absolute atomic E-state index is 0.466. The average molecular weight is 336 g/mol. The molecule has 24 heavy (non-hydrogen) atoms. The molecule has 4 rings (SSSR count). The van der Waals surface area contributed by atoms with Crippen LogP contribution in [0.2, 0.25) is 0 Å². The first-order valence-electron chi connectivity index (χ1n) is 7.28. The molecule has 0 aliphatic carbocycles. The SMILES string of the molecule is c1ccc(-c2noc(CSc3nc(-c4ccccc4)no3)n2)cc1. The molecule has 4 aromatic rings. The van der Waals surface area contributed by atoms with Gasteiger partial charge in [-0.2, -0.15) is 9.97 Å². The highest BCUT2D eigenvalue weighted by atomic mass is 32.2. The maximum Gasteiger partial charge on any atom is 0.286 e. The van der Waals surface area contributed by atoms with Crippen molar-refractivity contribution in [3.63, 3.8) is 0 Å². The zero-order valence-corrected chi connectivity index (χ0v) is 13.3. The summed E-state index contributed by atoms with van der Waals surface area (Å²) in [5.41, 5.74) is 1.83. The number of hydrogen-bond acceptors (Lipinski definition) is 7. The fourth-order valence-electron chi connectivity index (χ4n) is 2.11. The van der Waals surface area contributed by atoms with Gasteiger partial charge in [-0.15, -0.1) is 0 Å². The highest BCUT2D eigenvalue weighted by Gasteiger charge is 2.12. The summed E-state index contributed by atoms with van der Waals surface area (Å²) in [4.78, 5) is 8.73. The van der Waals surface area contributed by atoms with Crippen LogP contribution in [0.25, 0.3) is 22.8 Å². The standard InChI is InChI=1S/C17H12N4O2S/c1-3-7-12(8-4-1)15-18-14(22-20-15)11-24-17-19-16(21-23-17)13-9-5-2-6-10-13/h1-10H,11H2. The van der Waals surface area contributed by atoms with Gasteiger partial charge in [0.05, 0.1) is 5.75 Å². The summed E-state index contributed by atoms with van der Waals surface area (Å²) in [5, 5.41) is 8.43. The van der Waals surface area contributed by atoms with Gasteiger partial charge in [0, 0.05) is 11.1 Å². The van der Waals surface area contributed by atoms with Gasteiger partial charge in [0.25, 0.3) is 5.22 Å². The van der Waals surface area contributed by atoms with Gasteiger partial charge in [0.15, 0.2) is 0 Å². The third-order valence-electron chi connectivity index (χ3n) is 3.26. The number of rotatable bonds is 5. The van der Waals surface area contributed by atoms with Crippen molar-refractivity contribution in [3.05, 3.63) is 66.6 Å². The van der Waals surface area contributed by atoms with Crippen LogP contribution in [0, 0.1) is 0 Å². The van der Waals surface area contributed by atoms with Crippen LogP contribution in [0.1, 0.15) is 5.89 Å². The van der Waals surface area contributed by atoms with Crippen molar-refractivity contribution in [1.29, 1.82) is 0 Å². The van der Waals surface area contributed by atoms with Gasteiger partial charge in [-0.05, 0) is 0 Å². The van der Waals surface area contributed by atoms with Crippen LogP contribution in [0.5, 0.6) is 0 Å². The molecule has 0 saturated carbocycles. The Balaban J connectivity index is 1.43. The summed E-state index contributed by atoms with van der Waals surface area (Å²) in [6.07, 6.45) is 0. The summed E-state index contributed by atoms with van der Waals surface area (Å²) >= 11 is 1.36. The van der Waals surface area contributed by atoms with E-state index in [0.717, 1.165) is 11.1 Å². The zero-order valence-electron chi connectivity index (χ0n) is 12.5. The molecule has 0 N–H and O–H groups in total. The smallest absolute Gasteiger partial charge is 0.286 e. The largest absolute Gasteiger partial charge is 0.338 e. The number of aromatic nitrogens is 4. The monoisotopic (exact) mass is 336 g/mol. The maximum absolute atomic E-state index is 5.26. The van der Waals surface area contributed by atoms with E-state index >= 15 is 0 Å². The summed E-state index contributed by atoms with van der Waals surface area (Å²) in [7, 11) is 0. The first-order valence-corrected chi connectivity index (χ1v) is 8.27. The van der Waals surface area contributed by atoms with E-state index in [0.29, 0.717) is 28.5 Å². The van der Waals surface area contributed by atoms with E-state index in [-0.39, 0.29) is 0 Å².